The Hall–Kier alpha value is -1.15. The van der Waals surface area contributed by atoms with Crippen LogP contribution in [0.3, 0.4) is 0 Å². The molecule has 0 bridgehead atoms. The third-order valence-corrected chi connectivity index (χ3v) is 5.77. The largest absolute Gasteiger partial charge is 2.00 e. The molecule has 0 saturated heterocycles. The number of thiol groups is 2. The Balaban J connectivity index is 0.000000490. The van der Waals surface area contributed by atoms with Crippen LogP contribution < -0.4 is 24.8 Å². The van der Waals surface area contributed by atoms with Crippen LogP contribution in [0.1, 0.15) is 0 Å². The Kier molecular flexibility index (Phi) is 16.0. The van der Waals surface area contributed by atoms with Gasteiger partial charge >= 0.3 is 21.1 Å². The molecule has 0 aliphatic carbocycles. The summed E-state index contributed by atoms with van der Waals surface area (Å²) in [6.07, 6.45) is 0. The Morgan fingerprint density at radius 3 is 0.655 bits per heavy atom. The molecule has 0 aromatic heterocycles. The molecular formula is C24H22Cl2PtS2+2. The summed E-state index contributed by atoms with van der Waals surface area (Å²) in [6, 6.07) is 42.0. The standard InChI is InChI=1S/2C12H10S.2ClH.Pt/c2*1-3-7-11(8-4-1)13-12-9-5-2-6-10-12;;;/h2*1-10H;2*1H;/q;;;;+2. The van der Waals surface area contributed by atoms with Crippen LogP contribution in [-0.4, -0.2) is 0 Å². The zero-order chi connectivity index (χ0) is 17.9. The molecule has 0 atom stereocenters. The maximum absolute atomic E-state index is 2.15. The topological polar surface area (TPSA) is 0 Å². The van der Waals surface area contributed by atoms with Crippen molar-refractivity contribution < 1.29 is 45.9 Å². The summed E-state index contributed by atoms with van der Waals surface area (Å²) in [7, 11) is 0. The van der Waals surface area contributed by atoms with Crippen LogP contribution in [-0.2, 0) is 44.6 Å². The summed E-state index contributed by atoms with van der Waals surface area (Å²) in [5.41, 5.74) is 0. The van der Waals surface area contributed by atoms with Gasteiger partial charge in [0.05, 0.1) is 0 Å². The Bertz CT molecular complexity index is 725. The summed E-state index contributed by atoms with van der Waals surface area (Å²) in [6.45, 7) is 0. The van der Waals surface area contributed by atoms with Crippen LogP contribution in [0.4, 0.5) is 0 Å². The first kappa shape index (κ1) is 27.8. The Morgan fingerprint density at radius 1 is 0.310 bits per heavy atom. The van der Waals surface area contributed by atoms with Crippen molar-refractivity contribution >= 4 is 23.5 Å². The maximum Gasteiger partial charge on any atom is 2.00 e. The van der Waals surface area contributed by atoms with Crippen molar-refractivity contribution in [2.24, 2.45) is 0 Å². The van der Waals surface area contributed by atoms with E-state index in [4.69, 9.17) is 0 Å². The number of hydrogen-bond donors (Lipinski definition) is 0. The minimum absolute atomic E-state index is 0. The number of halogens is 2. The van der Waals surface area contributed by atoms with Gasteiger partial charge in [-0.3, -0.25) is 0 Å². The van der Waals surface area contributed by atoms with Crippen molar-refractivity contribution in [3.8, 4) is 0 Å². The van der Waals surface area contributed by atoms with Crippen LogP contribution in [0.5, 0.6) is 0 Å². The van der Waals surface area contributed by atoms with Crippen molar-refractivity contribution in [2.45, 2.75) is 19.6 Å². The summed E-state index contributed by atoms with van der Waals surface area (Å²) < 4.78 is 0. The summed E-state index contributed by atoms with van der Waals surface area (Å²) in [4.78, 5) is 5.37. The molecule has 152 valence electrons. The molecular weight excluding hydrogens is 618 g/mol. The number of benzene rings is 4. The summed E-state index contributed by atoms with van der Waals surface area (Å²) in [5.74, 6) is 0. The van der Waals surface area contributed by atoms with E-state index in [0.29, 0.717) is 0 Å². The molecule has 0 unspecified atom stereocenters. The van der Waals surface area contributed by atoms with Crippen LogP contribution in [0.15, 0.2) is 141 Å². The van der Waals surface area contributed by atoms with Gasteiger partial charge in [-0.25, -0.2) is 0 Å². The Labute approximate surface area is 209 Å². The van der Waals surface area contributed by atoms with Crippen molar-refractivity contribution in [3.05, 3.63) is 121 Å². The van der Waals surface area contributed by atoms with Gasteiger partial charge in [0, 0.05) is 23.5 Å². The summed E-state index contributed by atoms with van der Waals surface area (Å²) in [5, 5.41) is 0. The van der Waals surface area contributed by atoms with E-state index in [-0.39, 0.29) is 45.9 Å². The van der Waals surface area contributed by atoms with Gasteiger partial charge in [0.25, 0.3) is 0 Å². The van der Waals surface area contributed by atoms with Gasteiger partial charge in [0.15, 0.2) is 19.6 Å². The minimum atomic E-state index is 0. The molecule has 4 rings (SSSR count). The normalized spacial score (nSPS) is 8.83. The predicted octanol–water partition coefficient (Wildman–Crippen LogP) is -0.155. The molecule has 0 aliphatic heterocycles. The quantitative estimate of drug-likeness (QED) is 0.215. The average molecular weight is 641 g/mol. The van der Waals surface area contributed by atoms with E-state index < -0.39 is 0 Å². The van der Waals surface area contributed by atoms with Gasteiger partial charge in [-0.05, 0) is 48.5 Å². The second-order valence-electron chi connectivity index (χ2n) is 5.57. The number of hydrogen-bond acceptors (Lipinski definition) is 0. The fraction of sp³-hybridized carbons (Fsp3) is 0. The molecule has 0 radical (unpaired) electrons. The van der Waals surface area contributed by atoms with Crippen molar-refractivity contribution in [1.82, 2.24) is 0 Å². The van der Waals surface area contributed by atoms with E-state index in [1.807, 2.05) is 24.3 Å². The maximum atomic E-state index is 2.15. The van der Waals surface area contributed by atoms with Gasteiger partial charge in [0.2, 0.25) is 0 Å². The van der Waals surface area contributed by atoms with E-state index >= 15 is 0 Å². The molecule has 29 heavy (non-hydrogen) atoms. The third kappa shape index (κ3) is 11.0. The van der Waals surface area contributed by atoms with E-state index in [9.17, 15) is 0 Å². The monoisotopic (exact) mass is 639 g/mol. The zero-order valence-electron chi connectivity index (χ0n) is 15.5. The fourth-order valence-corrected chi connectivity index (χ4v) is 4.19. The molecule has 0 heterocycles. The van der Waals surface area contributed by atoms with E-state index in [1.165, 1.54) is 43.1 Å². The molecule has 0 spiro atoms. The van der Waals surface area contributed by atoms with Crippen LogP contribution >= 0.6 is 0 Å². The van der Waals surface area contributed by atoms with E-state index in [1.54, 1.807) is 0 Å². The van der Waals surface area contributed by atoms with Crippen LogP contribution in [0, 0.1) is 0 Å². The molecule has 0 saturated carbocycles. The fourth-order valence-electron chi connectivity index (χ4n) is 2.31. The second-order valence-corrected chi connectivity index (χ2v) is 8.08. The van der Waals surface area contributed by atoms with Crippen molar-refractivity contribution in [1.29, 1.82) is 0 Å². The third-order valence-electron chi connectivity index (χ3n) is 3.54. The molecule has 0 amide bonds. The molecule has 0 fully saturated rings. The molecule has 0 N–H and O–H groups in total. The molecule has 0 nitrogen and oxygen atoms in total. The van der Waals surface area contributed by atoms with Gasteiger partial charge in [-0.2, -0.15) is 0 Å². The molecule has 5 heteroatoms. The Morgan fingerprint density at radius 2 is 0.483 bits per heavy atom. The van der Waals surface area contributed by atoms with Crippen molar-refractivity contribution in [3.63, 3.8) is 0 Å². The van der Waals surface area contributed by atoms with Crippen molar-refractivity contribution in [2.75, 3.05) is 0 Å². The van der Waals surface area contributed by atoms with E-state index in [2.05, 4.69) is 97.1 Å². The van der Waals surface area contributed by atoms with Gasteiger partial charge in [-0.15, -0.1) is 0 Å². The van der Waals surface area contributed by atoms with Gasteiger partial charge in [0.1, 0.15) is 0 Å². The summed E-state index contributed by atoms with van der Waals surface area (Å²) >= 11 is 2.56. The minimum Gasteiger partial charge on any atom is -1.00 e. The van der Waals surface area contributed by atoms with Crippen LogP contribution in [0.25, 0.3) is 0 Å². The first-order valence-corrected chi connectivity index (χ1v) is 10.3. The van der Waals surface area contributed by atoms with E-state index in [0.717, 1.165) is 0 Å². The van der Waals surface area contributed by atoms with Gasteiger partial charge in [-0.1, -0.05) is 72.8 Å². The second kappa shape index (κ2) is 16.6. The molecule has 4 aromatic carbocycles. The SMILES string of the molecule is [Cl-].[Cl-].[Pt+2].c1ccc([SH+]c2ccccc2)cc1.c1ccc([SH+]c2ccccc2)cc1. The van der Waals surface area contributed by atoms with Crippen LogP contribution in [0.2, 0.25) is 0 Å². The van der Waals surface area contributed by atoms with Gasteiger partial charge < -0.3 is 24.8 Å². The average Bonchev–Trinajstić information content (AvgIpc) is 2.72. The number of rotatable bonds is 4. The zero-order valence-corrected chi connectivity index (χ0v) is 21.1. The first-order valence-electron chi connectivity index (χ1n) is 8.54. The molecule has 4 aromatic rings. The molecule has 0 aliphatic rings. The smallest absolute Gasteiger partial charge is 1.00 e. The predicted molar refractivity (Wildman–Crippen MR) is 116 cm³/mol. The first-order chi connectivity index (χ1) is 12.9.